The van der Waals surface area contributed by atoms with Crippen molar-refractivity contribution >= 4 is 39.9 Å². The smallest absolute Gasteiger partial charge is 0.258 e. The van der Waals surface area contributed by atoms with Crippen LogP contribution in [0.3, 0.4) is 0 Å². The van der Waals surface area contributed by atoms with E-state index in [2.05, 4.69) is 85.5 Å². The number of aryl methyl sites for hydroxylation is 3. The number of hydrogen-bond donors (Lipinski definition) is 1. The van der Waals surface area contributed by atoms with Crippen molar-refractivity contribution in [1.82, 2.24) is 15.5 Å². The molecule has 5 nitrogen and oxygen atoms in total. The third-order valence-electron chi connectivity index (χ3n) is 6.04. The van der Waals surface area contributed by atoms with Crippen molar-refractivity contribution in [3.05, 3.63) is 93.8 Å². The number of allylic oxidation sites excluding steroid dienone is 1. The zero-order valence-corrected chi connectivity index (χ0v) is 20.6. The largest absolute Gasteiger partial charge is 0.351 e. The lowest BCUT2D eigenvalue weighted by atomic mass is 9.94. The van der Waals surface area contributed by atoms with Crippen LogP contribution in [-0.4, -0.2) is 15.3 Å². The van der Waals surface area contributed by atoms with Gasteiger partial charge in [0.15, 0.2) is 5.11 Å². The molecular weight excluding hydrogens is 448 g/mol. The van der Waals surface area contributed by atoms with Crippen molar-refractivity contribution < 1.29 is 4.52 Å². The lowest BCUT2D eigenvalue weighted by molar-refractivity contribution is 0.404. The highest BCUT2D eigenvalue weighted by molar-refractivity contribution is 7.80. The molecule has 0 amide bonds. The third-order valence-corrected chi connectivity index (χ3v) is 7.21. The highest BCUT2D eigenvalue weighted by Crippen LogP contribution is 2.39. The van der Waals surface area contributed by atoms with E-state index in [0.717, 1.165) is 27.4 Å². The van der Waals surface area contributed by atoms with Gasteiger partial charge in [-0.05, 0) is 80.2 Å². The van der Waals surface area contributed by atoms with E-state index in [1.165, 1.54) is 16.7 Å². The van der Waals surface area contributed by atoms with Crippen LogP contribution in [-0.2, 0) is 0 Å². The second kappa shape index (κ2) is 8.57. The van der Waals surface area contributed by atoms with Crippen LogP contribution in [0.15, 0.2) is 70.2 Å². The average Bonchev–Trinajstić information content (AvgIpc) is 3.48. The molecule has 0 spiro atoms. The molecule has 166 valence electrons. The molecule has 7 heteroatoms. The van der Waals surface area contributed by atoms with E-state index in [1.807, 2.05) is 17.5 Å². The molecule has 3 heterocycles. The van der Waals surface area contributed by atoms with Crippen molar-refractivity contribution in [2.45, 2.75) is 33.7 Å². The first kappa shape index (κ1) is 21.6. The Morgan fingerprint density at radius 1 is 1.00 bits per heavy atom. The summed E-state index contributed by atoms with van der Waals surface area (Å²) in [5.41, 5.74) is 7.64. The topological polar surface area (TPSA) is 54.2 Å². The standard InChI is InChI=1S/C26H24N4OS2/c1-15-7-10-19(11-8-15)23-22(25-28-24(29-31-25)21-6-5-13-33-21)18(4)30(26(32)27-23)20-12-9-16(2)17(3)14-20/h5-14,23H,1-4H3,(H,27,32). The van der Waals surface area contributed by atoms with E-state index in [4.69, 9.17) is 21.7 Å². The summed E-state index contributed by atoms with van der Waals surface area (Å²) in [6.45, 7) is 8.36. The van der Waals surface area contributed by atoms with Gasteiger partial charge < -0.3 is 9.84 Å². The van der Waals surface area contributed by atoms with E-state index in [-0.39, 0.29) is 6.04 Å². The molecule has 1 N–H and O–H groups in total. The van der Waals surface area contributed by atoms with Crippen LogP contribution in [0.4, 0.5) is 5.69 Å². The first-order valence-corrected chi connectivity index (χ1v) is 12.0. The Morgan fingerprint density at radius 3 is 2.48 bits per heavy atom. The molecule has 0 bridgehead atoms. The molecule has 5 rings (SSSR count). The predicted octanol–water partition coefficient (Wildman–Crippen LogP) is 6.59. The molecule has 1 atom stereocenters. The van der Waals surface area contributed by atoms with Gasteiger partial charge >= 0.3 is 0 Å². The molecule has 2 aromatic carbocycles. The summed E-state index contributed by atoms with van der Waals surface area (Å²) in [7, 11) is 0. The van der Waals surface area contributed by atoms with Gasteiger partial charge in [0.25, 0.3) is 5.89 Å². The van der Waals surface area contributed by atoms with Crippen LogP contribution < -0.4 is 10.2 Å². The maximum absolute atomic E-state index is 5.85. The zero-order valence-electron chi connectivity index (χ0n) is 18.9. The van der Waals surface area contributed by atoms with E-state index in [9.17, 15) is 0 Å². The lowest BCUT2D eigenvalue weighted by Gasteiger charge is -2.37. The maximum Gasteiger partial charge on any atom is 0.258 e. The second-order valence-corrected chi connectivity index (χ2v) is 9.63. The number of hydrogen-bond acceptors (Lipinski definition) is 5. The Balaban J connectivity index is 1.67. The van der Waals surface area contributed by atoms with Gasteiger partial charge in [0.1, 0.15) is 0 Å². The quantitative estimate of drug-likeness (QED) is 0.338. The fraction of sp³-hybridized carbons (Fsp3) is 0.192. The minimum absolute atomic E-state index is 0.197. The molecule has 0 saturated carbocycles. The number of nitrogens with one attached hydrogen (secondary N) is 1. The van der Waals surface area contributed by atoms with Gasteiger partial charge in [0, 0.05) is 11.4 Å². The number of aromatic nitrogens is 2. The summed E-state index contributed by atoms with van der Waals surface area (Å²) in [6, 6.07) is 18.6. The normalized spacial score (nSPS) is 16.3. The van der Waals surface area contributed by atoms with E-state index < -0.39 is 0 Å². The van der Waals surface area contributed by atoms with Gasteiger partial charge in [0.2, 0.25) is 5.82 Å². The fourth-order valence-electron chi connectivity index (χ4n) is 4.04. The van der Waals surface area contributed by atoms with Crippen LogP contribution in [0, 0.1) is 20.8 Å². The van der Waals surface area contributed by atoms with Crippen LogP contribution in [0.2, 0.25) is 0 Å². The van der Waals surface area contributed by atoms with Crippen molar-refractivity contribution in [3.8, 4) is 10.7 Å². The molecular formula is C26H24N4OS2. The molecule has 1 unspecified atom stereocenters. The summed E-state index contributed by atoms with van der Waals surface area (Å²) in [5.74, 6) is 1.08. The van der Waals surface area contributed by atoms with Crippen molar-refractivity contribution in [2.24, 2.45) is 0 Å². The summed E-state index contributed by atoms with van der Waals surface area (Å²) < 4.78 is 5.81. The Bertz CT molecular complexity index is 1350. The summed E-state index contributed by atoms with van der Waals surface area (Å²) in [6.07, 6.45) is 0. The van der Waals surface area contributed by atoms with E-state index in [1.54, 1.807) is 11.3 Å². The minimum Gasteiger partial charge on any atom is -0.351 e. The van der Waals surface area contributed by atoms with Crippen molar-refractivity contribution in [3.63, 3.8) is 0 Å². The minimum atomic E-state index is -0.197. The average molecular weight is 473 g/mol. The Hall–Kier alpha value is -3.29. The van der Waals surface area contributed by atoms with Gasteiger partial charge in [-0.25, -0.2) is 0 Å². The molecule has 1 aliphatic rings. The monoisotopic (exact) mass is 472 g/mol. The Kier molecular flexibility index (Phi) is 5.60. The summed E-state index contributed by atoms with van der Waals surface area (Å²) in [5, 5.41) is 10.4. The molecule has 0 aliphatic carbocycles. The van der Waals surface area contributed by atoms with Gasteiger partial charge in [-0.15, -0.1) is 11.3 Å². The Labute approximate surface area is 202 Å². The molecule has 33 heavy (non-hydrogen) atoms. The number of nitrogens with zero attached hydrogens (tertiary/aromatic N) is 3. The third kappa shape index (κ3) is 3.98. The summed E-state index contributed by atoms with van der Waals surface area (Å²) in [4.78, 5) is 7.79. The molecule has 2 aromatic heterocycles. The van der Waals surface area contributed by atoms with Crippen molar-refractivity contribution in [2.75, 3.05) is 4.90 Å². The molecule has 0 fully saturated rings. The zero-order chi connectivity index (χ0) is 23.1. The molecule has 0 radical (unpaired) electrons. The molecule has 0 saturated heterocycles. The first-order chi connectivity index (χ1) is 15.9. The van der Waals surface area contributed by atoms with Crippen molar-refractivity contribution in [1.29, 1.82) is 0 Å². The predicted molar refractivity (Wildman–Crippen MR) is 138 cm³/mol. The molecule has 1 aliphatic heterocycles. The van der Waals surface area contributed by atoms with Crippen LogP contribution in [0.5, 0.6) is 0 Å². The summed E-state index contributed by atoms with van der Waals surface area (Å²) >= 11 is 7.44. The Morgan fingerprint density at radius 2 is 1.79 bits per heavy atom. The maximum atomic E-state index is 5.85. The number of thiocarbonyl (C=S) groups is 1. The van der Waals surface area contributed by atoms with Gasteiger partial charge in [-0.2, -0.15) is 4.98 Å². The number of benzene rings is 2. The second-order valence-electron chi connectivity index (χ2n) is 8.30. The molecule has 4 aromatic rings. The van der Waals surface area contributed by atoms with Crippen LogP contribution in [0.25, 0.3) is 16.3 Å². The number of thiophene rings is 1. The fourth-order valence-corrected chi connectivity index (χ4v) is 5.05. The van der Waals surface area contributed by atoms with E-state index in [0.29, 0.717) is 16.8 Å². The number of rotatable bonds is 4. The van der Waals surface area contributed by atoms with Gasteiger partial charge in [-0.1, -0.05) is 47.1 Å². The van der Waals surface area contributed by atoms with E-state index >= 15 is 0 Å². The van der Waals surface area contributed by atoms with Crippen LogP contribution >= 0.6 is 23.6 Å². The highest BCUT2D eigenvalue weighted by Gasteiger charge is 2.34. The SMILES string of the molecule is CC1=C(c2nc(-c3cccs3)no2)C(c2ccc(C)cc2)NC(=S)N1c1ccc(C)c(C)c1. The van der Waals surface area contributed by atoms with Crippen LogP contribution in [0.1, 0.15) is 41.1 Å². The highest BCUT2D eigenvalue weighted by atomic mass is 32.1. The lowest BCUT2D eigenvalue weighted by Crippen LogP contribution is -2.46. The first-order valence-electron chi connectivity index (χ1n) is 10.8. The van der Waals surface area contributed by atoms with Gasteiger partial charge in [0.05, 0.1) is 16.5 Å². The van der Waals surface area contributed by atoms with Gasteiger partial charge in [-0.3, -0.25) is 4.90 Å². The number of anilines is 1.